The van der Waals surface area contributed by atoms with E-state index in [4.69, 9.17) is 4.74 Å². The normalized spacial score (nSPS) is 13.1. The van der Waals surface area contributed by atoms with Crippen molar-refractivity contribution in [1.82, 2.24) is 5.32 Å². The van der Waals surface area contributed by atoms with Gasteiger partial charge in [-0.3, -0.25) is 0 Å². The highest BCUT2D eigenvalue weighted by Gasteiger charge is 2.13. The predicted octanol–water partition coefficient (Wildman–Crippen LogP) is 3.74. The zero-order chi connectivity index (χ0) is 12.1. The first-order valence-corrected chi connectivity index (χ1v) is 7.15. The van der Waals surface area contributed by atoms with Crippen molar-refractivity contribution >= 4 is 38.5 Å². The number of likely N-dealkylation sites (N-methyl/N-ethyl adjacent to an activating group) is 1. The number of rotatable bonds is 5. The number of nitrogens with one attached hydrogen (secondary N) is 1. The Hall–Kier alpha value is 0.350. The molecule has 1 N–H and O–H groups in total. The first-order chi connectivity index (χ1) is 7.54. The van der Waals surface area contributed by atoms with Crippen molar-refractivity contribution in [3.8, 4) is 0 Å². The van der Waals surface area contributed by atoms with Crippen LogP contribution < -0.4 is 5.32 Å². The van der Waals surface area contributed by atoms with Crippen molar-refractivity contribution in [1.29, 1.82) is 0 Å². The van der Waals surface area contributed by atoms with Gasteiger partial charge in [-0.1, -0.05) is 15.9 Å². The van der Waals surface area contributed by atoms with Gasteiger partial charge in [0.05, 0.1) is 18.8 Å². The van der Waals surface area contributed by atoms with E-state index in [0.717, 1.165) is 4.47 Å². The van der Waals surface area contributed by atoms with Crippen molar-refractivity contribution < 1.29 is 4.74 Å². The van der Waals surface area contributed by atoms with E-state index in [9.17, 15) is 0 Å². The summed E-state index contributed by atoms with van der Waals surface area (Å²) in [5.74, 6) is 0. The van der Waals surface area contributed by atoms with E-state index in [2.05, 4.69) is 75.9 Å². The lowest BCUT2D eigenvalue weighted by atomic mass is 10.1. The fraction of sp³-hybridized carbons (Fsp3) is 0.500. The average molecular weight is 398 g/mol. The van der Waals surface area contributed by atoms with E-state index in [-0.39, 0.29) is 12.1 Å². The second-order valence-electron chi connectivity index (χ2n) is 3.89. The highest BCUT2D eigenvalue weighted by molar-refractivity contribution is 14.1. The number of hydrogen-bond acceptors (Lipinski definition) is 2. The standard InChI is InChI=1S/C12H17BrINO/c1-8(2)16-7-12(15-3)10-6-9(14)4-5-11(10)13/h4-6,8,12,15H,7H2,1-3H3. The molecule has 0 aliphatic rings. The molecule has 1 aromatic carbocycles. The van der Waals surface area contributed by atoms with Crippen LogP contribution in [0.1, 0.15) is 25.5 Å². The van der Waals surface area contributed by atoms with Crippen molar-refractivity contribution in [2.45, 2.75) is 26.0 Å². The molecule has 1 atom stereocenters. The molecule has 0 saturated carbocycles. The molecule has 0 aromatic heterocycles. The maximum absolute atomic E-state index is 5.66. The summed E-state index contributed by atoms with van der Waals surface area (Å²) in [6, 6.07) is 6.57. The van der Waals surface area contributed by atoms with Crippen LogP contribution in [-0.4, -0.2) is 19.8 Å². The second kappa shape index (κ2) is 6.93. The lowest BCUT2D eigenvalue weighted by molar-refractivity contribution is 0.0625. The minimum absolute atomic E-state index is 0.228. The second-order valence-corrected chi connectivity index (χ2v) is 5.99. The zero-order valence-corrected chi connectivity index (χ0v) is 13.5. The van der Waals surface area contributed by atoms with E-state index in [1.54, 1.807) is 0 Å². The quantitative estimate of drug-likeness (QED) is 0.764. The van der Waals surface area contributed by atoms with Gasteiger partial charge in [0.25, 0.3) is 0 Å². The molecule has 0 aliphatic carbocycles. The summed E-state index contributed by atoms with van der Waals surface area (Å²) in [6.07, 6.45) is 0.261. The molecule has 1 rings (SSSR count). The molecule has 0 aliphatic heterocycles. The molecule has 0 fully saturated rings. The predicted molar refractivity (Wildman–Crippen MR) is 79.7 cm³/mol. The Balaban J connectivity index is 2.81. The van der Waals surface area contributed by atoms with Gasteiger partial charge in [-0.05, 0) is 67.2 Å². The Morgan fingerprint density at radius 2 is 2.12 bits per heavy atom. The summed E-state index contributed by atoms with van der Waals surface area (Å²) in [4.78, 5) is 0. The van der Waals surface area contributed by atoms with E-state index in [0.29, 0.717) is 6.61 Å². The van der Waals surface area contributed by atoms with Crippen LogP contribution in [0.4, 0.5) is 0 Å². The zero-order valence-electron chi connectivity index (χ0n) is 9.76. The van der Waals surface area contributed by atoms with E-state index in [1.165, 1.54) is 9.13 Å². The number of hydrogen-bond donors (Lipinski definition) is 1. The van der Waals surface area contributed by atoms with Gasteiger partial charge in [-0.2, -0.15) is 0 Å². The highest BCUT2D eigenvalue weighted by Crippen LogP contribution is 2.25. The average Bonchev–Trinajstić information content (AvgIpc) is 2.23. The van der Waals surface area contributed by atoms with E-state index < -0.39 is 0 Å². The third-order valence-corrected chi connectivity index (χ3v) is 3.67. The fourth-order valence-corrected chi connectivity index (χ4v) is 2.44. The summed E-state index contributed by atoms with van der Waals surface area (Å²) in [5.41, 5.74) is 1.25. The fourth-order valence-electron chi connectivity index (χ4n) is 1.40. The molecule has 16 heavy (non-hydrogen) atoms. The van der Waals surface area contributed by atoms with Crippen molar-refractivity contribution in [3.05, 3.63) is 31.8 Å². The molecule has 1 aromatic rings. The first kappa shape index (κ1) is 14.4. The third-order valence-electron chi connectivity index (χ3n) is 2.28. The van der Waals surface area contributed by atoms with Crippen LogP contribution in [-0.2, 0) is 4.74 Å². The van der Waals surface area contributed by atoms with Gasteiger partial charge < -0.3 is 10.1 Å². The third kappa shape index (κ3) is 4.31. The Kier molecular flexibility index (Phi) is 6.25. The Morgan fingerprint density at radius 3 is 2.69 bits per heavy atom. The van der Waals surface area contributed by atoms with Crippen LogP contribution in [0.3, 0.4) is 0 Å². The maximum Gasteiger partial charge on any atom is 0.0665 e. The number of ether oxygens (including phenoxy) is 1. The number of benzene rings is 1. The van der Waals surface area contributed by atoms with Crippen LogP contribution >= 0.6 is 38.5 Å². The molecular formula is C12H17BrINO. The summed E-state index contributed by atoms with van der Waals surface area (Å²) >= 11 is 5.90. The highest BCUT2D eigenvalue weighted by atomic mass is 127. The maximum atomic E-state index is 5.66. The van der Waals surface area contributed by atoms with Crippen LogP contribution in [0.5, 0.6) is 0 Å². The smallest absolute Gasteiger partial charge is 0.0665 e. The Bertz CT molecular complexity index is 344. The summed E-state index contributed by atoms with van der Waals surface area (Å²) < 4.78 is 8.02. The minimum atomic E-state index is 0.228. The van der Waals surface area contributed by atoms with Gasteiger partial charge in [0.1, 0.15) is 0 Å². The van der Waals surface area contributed by atoms with Crippen LogP contribution in [0, 0.1) is 3.57 Å². The van der Waals surface area contributed by atoms with Crippen molar-refractivity contribution in [2.24, 2.45) is 0 Å². The van der Waals surface area contributed by atoms with Crippen molar-refractivity contribution in [2.75, 3.05) is 13.7 Å². The SMILES string of the molecule is CNC(COC(C)C)c1cc(I)ccc1Br. The van der Waals surface area contributed by atoms with Gasteiger partial charge in [0.15, 0.2) is 0 Å². The Labute approximate surface area is 119 Å². The largest absolute Gasteiger partial charge is 0.377 e. The van der Waals surface area contributed by atoms with Gasteiger partial charge >= 0.3 is 0 Å². The molecule has 0 radical (unpaired) electrons. The molecule has 0 heterocycles. The molecule has 2 nitrogen and oxygen atoms in total. The summed E-state index contributed by atoms with van der Waals surface area (Å²) in [7, 11) is 1.96. The number of halogens is 2. The first-order valence-electron chi connectivity index (χ1n) is 5.28. The van der Waals surface area contributed by atoms with E-state index >= 15 is 0 Å². The van der Waals surface area contributed by atoms with Gasteiger partial charge in [0, 0.05) is 8.04 Å². The van der Waals surface area contributed by atoms with Crippen LogP contribution in [0.25, 0.3) is 0 Å². The lowest BCUT2D eigenvalue weighted by Gasteiger charge is -2.20. The topological polar surface area (TPSA) is 21.3 Å². The molecule has 0 spiro atoms. The van der Waals surface area contributed by atoms with Crippen LogP contribution in [0.2, 0.25) is 0 Å². The molecular weight excluding hydrogens is 381 g/mol. The molecule has 0 saturated heterocycles. The van der Waals surface area contributed by atoms with Gasteiger partial charge in [0.2, 0.25) is 0 Å². The summed E-state index contributed by atoms with van der Waals surface area (Å²) in [5, 5.41) is 3.28. The molecule has 0 bridgehead atoms. The van der Waals surface area contributed by atoms with Crippen molar-refractivity contribution in [3.63, 3.8) is 0 Å². The minimum Gasteiger partial charge on any atom is -0.377 e. The molecule has 0 amide bonds. The lowest BCUT2D eigenvalue weighted by Crippen LogP contribution is -2.24. The van der Waals surface area contributed by atoms with E-state index in [1.807, 2.05) is 7.05 Å². The van der Waals surface area contributed by atoms with Gasteiger partial charge in [-0.25, -0.2) is 0 Å². The van der Waals surface area contributed by atoms with Crippen LogP contribution in [0.15, 0.2) is 22.7 Å². The molecule has 1 unspecified atom stereocenters. The van der Waals surface area contributed by atoms with Gasteiger partial charge in [-0.15, -0.1) is 0 Å². The Morgan fingerprint density at radius 1 is 1.44 bits per heavy atom. The molecule has 90 valence electrons. The molecule has 4 heteroatoms. The monoisotopic (exact) mass is 397 g/mol. The summed E-state index contributed by atoms with van der Waals surface area (Å²) in [6.45, 7) is 4.79.